The minimum absolute atomic E-state index is 0.0746. The van der Waals surface area contributed by atoms with E-state index >= 15 is 0 Å². The fraction of sp³-hybridized carbons (Fsp3) is 0.400. The molecule has 1 aliphatic rings. The van der Waals surface area contributed by atoms with Crippen LogP contribution in [-0.2, 0) is 16.6 Å². The first-order valence-corrected chi connectivity index (χ1v) is 8.74. The zero-order chi connectivity index (χ0) is 16.2. The predicted octanol–water partition coefficient (Wildman–Crippen LogP) is 1.55. The van der Waals surface area contributed by atoms with Crippen LogP contribution in [0.2, 0.25) is 0 Å². The number of benzene rings is 1. The maximum absolute atomic E-state index is 11.9. The number of carbonyl (C=O) groups is 1. The number of amides is 2. The van der Waals surface area contributed by atoms with Crippen molar-refractivity contribution < 1.29 is 13.2 Å². The molecule has 0 spiro atoms. The van der Waals surface area contributed by atoms with Crippen LogP contribution >= 0.6 is 0 Å². The summed E-state index contributed by atoms with van der Waals surface area (Å²) >= 11 is 0. The smallest absolute Gasteiger partial charge is 0.315 e. The SMILES string of the molecule is Cc1cc(S(N)(=O)=O)ccc1CNC(=O)NC1C=CCCC1. The molecule has 0 aliphatic heterocycles. The van der Waals surface area contributed by atoms with E-state index in [1.807, 2.05) is 6.08 Å². The van der Waals surface area contributed by atoms with Crippen molar-refractivity contribution in [2.75, 3.05) is 0 Å². The Bertz CT molecular complexity index is 683. The molecular formula is C15H21N3O3S. The van der Waals surface area contributed by atoms with Crippen molar-refractivity contribution in [3.8, 4) is 0 Å². The third-order valence-electron chi connectivity index (χ3n) is 3.65. The molecule has 0 bridgehead atoms. The van der Waals surface area contributed by atoms with Crippen LogP contribution in [0.3, 0.4) is 0 Å². The van der Waals surface area contributed by atoms with Crippen LogP contribution in [0.1, 0.15) is 30.4 Å². The van der Waals surface area contributed by atoms with Crippen molar-refractivity contribution >= 4 is 16.1 Å². The first-order valence-electron chi connectivity index (χ1n) is 7.19. The molecule has 0 aromatic heterocycles. The minimum Gasteiger partial charge on any atom is -0.334 e. The Kier molecular flexibility index (Phi) is 5.20. The molecule has 6 nitrogen and oxygen atoms in total. The van der Waals surface area contributed by atoms with Crippen LogP contribution < -0.4 is 15.8 Å². The minimum atomic E-state index is -3.70. The van der Waals surface area contributed by atoms with E-state index in [4.69, 9.17) is 5.14 Å². The van der Waals surface area contributed by atoms with E-state index in [1.165, 1.54) is 12.1 Å². The Morgan fingerprint density at radius 2 is 2.18 bits per heavy atom. The monoisotopic (exact) mass is 323 g/mol. The standard InChI is InChI=1S/C15H21N3O3S/c1-11-9-14(22(16,20)21)8-7-12(11)10-17-15(19)18-13-5-3-2-4-6-13/h3,5,7-9,13H,2,4,6,10H2,1H3,(H2,16,20,21)(H2,17,18,19). The van der Waals surface area contributed by atoms with E-state index in [0.29, 0.717) is 6.54 Å². The van der Waals surface area contributed by atoms with E-state index in [-0.39, 0.29) is 17.0 Å². The Labute approximate surface area is 130 Å². The molecule has 0 saturated carbocycles. The summed E-state index contributed by atoms with van der Waals surface area (Å²) in [4.78, 5) is 11.9. The molecule has 0 heterocycles. The van der Waals surface area contributed by atoms with Gasteiger partial charge in [0, 0.05) is 12.6 Å². The largest absolute Gasteiger partial charge is 0.334 e. The van der Waals surface area contributed by atoms with Gasteiger partial charge in [0.15, 0.2) is 0 Å². The fourth-order valence-corrected chi connectivity index (χ4v) is 2.97. The van der Waals surface area contributed by atoms with Gasteiger partial charge in [-0.15, -0.1) is 0 Å². The summed E-state index contributed by atoms with van der Waals surface area (Å²) in [6, 6.07) is 4.47. The molecule has 7 heteroatoms. The van der Waals surface area contributed by atoms with Gasteiger partial charge < -0.3 is 10.6 Å². The first kappa shape index (κ1) is 16.5. The van der Waals surface area contributed by atoms with E-state index in [2.05, 4.69) is 16.7 Å². The summed E-state index contributed by atoms with van der Waals surface area (Å²) in [6.07, 6.45) is 7.18. The summed E-state index contributed by atoms with van der Waals surface area (Å²) in [5.74, 6) is 0. The maximum Gasteiger partial charge on any atom is 0.315 e. The lowest BCUT2D eigenvalue weighted by Crippen LogP contribution is -2.41. The summed E-state index contributed by atoms with van der Waals surface area (Å²) in [6.45, 7) is 2.12. The van der Waals surface area contributed by atoms with Crippen molar-refractivity contribution in [2.24, 2.45) is 5.14 Å². The molecule has 22 heavy (non-hydrogen) atoms. The average Bonchev–Trinajstić information content (AvgIpc) is 2.46. The maximum atomic E-state index is 11.9. The van der Waals surface area contributed by atoms with Gasteiger partial charge in [-0.2, -0.15) is 0 Å². The number of nitrogens with two attached hydrogens (primary N) is 1. The molecule has 0 saturated heterocycles. The first-order chi connectivity index (χ1) is 10.4. The number of primary sulfonamides is 1. The van der Waals surface area contributed by atoms with Crippen molar-refractivity contribution in [3.63, 3.8) is 0 Å². The highest BCUT2D eigenvalue weighted by Crippen LogP contribution is 2.14. The molecule has 4 N–H and O–H groups in total. The van der Waals surface area contributed by atoms with Crippen molar-refractivity contribution in [1.29, 1.82) is 0 Å². The zero-order valence-electron chi connectivity index (χ0n) is 12.5. The lowest BCUT2D eigenvalue weighted by Gasteiger charge is -2.18. The number of carbonyl (C=O) groups excluding carboxylic acids is 1. The number of hydrogen-bond donors (Lipinski definition) is 3. The Hall–Kier alpha value is -1.86. The summed E-state index contributed by atoms with van der Waals surface area (Å²) in [5.41, 5.74) is 1.62. The van der Waals surface area contributed by atoms with Gasteiger partial charge in [0.1, 0.15) is 0 Å². The molecule has 0 radical (unpaired) electrons. The van der Waals surface area contributed by atoms with Gasteiger partial charge in [-0.25, -0.2) is 18.4 Å². The number of aryl methyl sites for hydroxylation is 1. The predicted molar refractivity (Wildman–Crippen MR) is 84.7 cm³/mol. The van der Waals surface area contributed by atoms with Gasteiger partial charge in [-0.1, -0.05) is 18.2 Å². The summed E-state index contributed by atoms with van der Waals surface area (Å²) in [5, 5.41) is 10.8. The Balaban J connectivity index is 1.92. The quantitative estimate of drug-likeness (QED) is 0.733. The van der Waals surface area contributed by atoms with Crippen molar-refractivity contribution in [1.82, 2.24) is 10.6 Å². The van der Waals surface area contributed by atoms with Crippen LogP contribution in [0.25, 0.3) is 0 Å². The van der Waals surface area contributed by atoms with Gasteiger partial charge in [-0.3, -0.25) is 0 Å². The highest BCUT2D eigenvalue weighted by molar-refractivity contribution is 7.89. The average molecular weight is 323 g/mol. The molecule has 120 valence electrons. The molecular weight excluding hydrogens is 302 g/mol. The van der Waals surface area contributed by atoms with Crippen molar-refractivity contribution in [3.05, 3.63) is 41.5 Å². The van der Waals surface area contributed by atoms with E-state index in [9.17, 15) is 13.2 Å². The molecule has 1 unspecified atom stereocenters. The molecule has 1 aromatic carbocycles. The van der Waals surface area contributed by atoms with Crippen LogP contribution in [-0.4, -0.2) is 20.5 Å². The number of rotatable bonds is 4. The van der Waals surface area contributed by atoms with Gasteiger partial charge in [0.2, 0.25) is 10.0 Å². The van der Waals surface area contributed by atoms with Gasteiger partial charge in [0.25, 0.3) is 0 Å². The summed E-state index contributed by atoms with van der Waals surface area (Å²) < 4.78 is 22.6. The Morgan fingerprint density at radius 1 is 1.41 bits per heavy atom. The zero-order valence-corrected chi connectivity index (χ0v) is 13.3. The molecule has 1 atom stereocenters. The second-order valence-electron chi connectivity index (χ2n) is 5.43. The highest BCUT2D eigenvalue weighted by Gasteiger charge is 2.12. The Morgan fingerprint density at radius 3 is 2.77 bits per heavy atom. The van der Waals surface area contributed by atoms with E-state index in [0.717, 1.165) is 30.4 Å². The number of urea groups is 1. The third-order valence-corrected chi connectivity index (χ3v) is 4.56. The number of sulfonamides is 1. The van der Waals surface area contributed by atoms with E-state index < -0.39 is 10.0 Å². The fourth-order valence-electron chi connectivity index (χ4n) is 2.37. The van der Waals surface area contributed by atoms with Crippen LogP contribution in [0.15, 0.2) is 35.2 Å². The van der Waals surface area contributed by atoms with Crippen LogP contribution in [0.5, 0.6) is 0 Å². The normalized spacial score (nSPS) is 18.0. The third kappa shape index (κ3) is 4.57. The molecule has 2 amide bonds. The highest BCUT2D eigenvalue weighted by atomic mass is 32.2. The van der Waals surface area contributed by atoms with E-state index in [1.54, 1.807) is 13.0 Å². The van der Waals surface area contributed by atoms with Crippen LogP contribution in [0.4, 0.5) is 4.79 Å². The van der Waals surface area contributed by atoms with Gasteiger partial charge in [-0.05, 0) is 49.4 Å². The number of nitrogens with one attached hydrogen (secondary N) is 2. The van der Waals surface area contributed by atoms with Crippen molar-refractivity contribution in [2.45, 2.75) is 43.7 Å². The topological polar surface area (TPSA) is 101 Å². The van der Waals surface area contributed by atoms with Gasteiger partial charge >= 0.3 is 6.03 Å². The lowest BCUT2D eigenvalue weighted by atomic mass is 10.0. The van der Waals surface area contributed by atoms with Gasteiger partial charge in [0.05, 0.1) is 4.90 Å². The molecule has 2 rings (SSSR count). The number of allylic oxidation sites excluding steroid dienone is 1. The second kappa shape index (κ2) is 6.93. The number of hydrogen-bond acceptors (Lipinski definition) is 3. The molecule has 1 aromatic rings. The molecule has 0 fully saturated rings. The summed E-state index contributed by atoms with van der Waals surface area (Å²) in [7, 11) is -3.70. The van der Waals surface area contributed by atoms with Crippen LogP contribution in [0, 0.1) is 6.92 Å². The second-order valence-corrected chi connectivity index (χ2v) is 6.99. The lowest BCUT2D eigenvalue weighted by molar-refractivity contribution is 0.237. The molecule has 1 aliphatic carbocycles.